The summed E-state index contributed by atoms with van der Waals surface area (Å²) in [6, 6.07) is 2.17. The second kappa shape index (κ2) is 7.32. The summed E-state index contributed by atoms with van der Waals surface area (Å²) in [4.78, 5) is 15.7. The standard InChI is InChI=1S/C19H28N6O/c1-15-22-17(16-2-6-20-7-3-16)12-18(23-15)25-9-4-19(26,5-10-25)13-24-11-8-21-14-24/h8,11-12,14,16,20,26H,2-7,9-10,13H2,1H3. The van der Waals surface area contributed by atoms with Crippen LogP contribution in [0.15, 0.2) is 24.8 Å². The van der Waals surface area contributed by atoms with E-state index in [9.17, 15) is 5.11 Å². The predicted molar refractivity (Wildman–Crippen MR) is 100 cm³/mol. The number of rotatable bonds is 4. The monoisotopic (exact) mass is 356 g/mol. The Hall–Kier alpha value is -1.99. The largest absolute Gasteiger partial charge is 0.388 e. The molecule has 2 aliphatic rings. The van der Waals surface area contributed by atoms with Gasteiger partial charge < -0.3 is 19.9 Å². The highest BCUT2D eigenvalue weighted by molar-refractivity contribution is 5.41. The first kappa shape index (κ1) is 17.4. The minimum Gasteiger partial charge on any atom is -0.388 e. The van der Waals surface area contributed by atoms with Crippen LogP contribution in [0.2, 0.25) is 0 Å². The van der Waals surface area contributed by atoms with Crippen LogP contribution < -0.4 is 10.2 Å². The molecule has 4 heterocycles. The van der Waals surface area contributed by atoms with Gasteiger partial charge in [0.25, 0.3) is 0 Å². The zero-order valence-corrected chi connectivity index (χ0v) is 15.4. The Balaban J connectivity index is 1.44. The first-order chi connectivity index (χ1) is 12.6. The topological polar surface area (TPSA) is 79.1 Å². The number of anilines is 1. The molecule has 0 atom stereocenters. The number of nitrogens with zero attached hydrogens (tertiary/aromatic N) is 5. The van der Waals surface area contributed by atoms with E-state index in [1.807, 2.05) is 17.7 Å². The van der Waals surface area contributed by atoms with Crippen molar-refractivity contribution >= 4 is 5.82 Å². The average molecular weight is 356 g/mol. The van der Waals surface area contributed by atoms with Gasteiger partial charge >= 0.3 is 0 Å². The fraction of sp³-hybridized carbons (Fsp3) is 0.632. The Bertz CT molecular complexity index is 718. The third-order valence-electron chi connectivity index (χ3n) is 5.66. The van der Waals surface area contributed by atoms with E-state index in [0.717, 1.165) is 63.5 Å². The van der Waals surface area contributed by atoms with Crippen LogP contribution in [0.4, 0.5) is 5.82 Å². The predicted octanol–water partition coefficient (Wildman–Crippen LogP) is 1.48. The molecule has 2 saturated heterocycles. The van der Waals surface area contributed by atoms with Crippen LogP contribution in [0.3, 0.4) is 0 Å². The molecular formula is C19H28N6O. The van der Waals surface area contributed by atoms with E-state index in [0.29, 0.717) is 12.5 Å². The minimum atomic E-state index is -0.669. The van der Waals surface area contributed by atoms with Crippen molar-refractivity contribution in [3.8, 4) is 0 Å². The molecule has 2 aliphatic heterocycles. The van der Waals surface area contributed by atoms with Crippen LogP contribution in [0, 0.1) is 6.92 Å². The summed E-state index contributed by atoms with van der Waals surface area (Å²) < 4.78 is 1.96. The first-order valence-electron chi connectivity index (χ1n) is 9.61. The van der Waals surface area contributed by atoms with E-state index in [1.54, 1.807) is 12.5 Å². The molecule has 0 aliphatic carbocycles. The summed E-state index contributed by atoms with van der Waals surface area (Å²) in [5, 5.41) is 14.3. The quantitative estimate of drug-likeness (QED) is 0.864. The maximum Gasteiger partial charge on any atom is 0.132 e. The summed E-state index contributed by atoms with van der Waals surface area (Å²) in [6.07, 6.45) is 9.17. The number of hydrogen-bond acceptors (Lipinski definition) is 6. The van der Waals surface area contributed by atoms with Gasteiger partial charge in [0, 0.05) is 43.2 Å². The number of aryl methyl sites for hydroxylation is 1. The Labute approximate surface area is 154 Å². The van der Waals surface area contributed by atoms with Crippen LogP contribution in [0.1, 0.15) is 43.1 Å². The van der Waals surface area contributed by atoms with Gasteiger partial charge in [-0.1, -0.05) is 0 Å². The molecular weight excluding hydrogens is 328 g/mol. The van der Waals surface area contributed by atoms with E-state index in [-0.39, 0.29) is 0 Å². The van der Waals surface area contributed by atoms with E-state index in [1.165, 1.54) is 5.69 Å². The molecule has 2 fully saturated rings. The van der Waals surface area contributed by atoms with Gasteiger partial charge in [-0.15, -0.1) is 0 Å². The fourth-order valence-electron chi connectivity index (χ4n) is 4.09. The Kier molecular flexibility index (Phi) is 4.91. The molecule has 0 bridgehead atoms. The first-order valence-corrected chi connectivity index (χ1v) is 9.61. The highest BCUT2D eigenvalue weighted by atomic mass is 16.3. The van der Waals surface area contributed by atoms with Crippen molar-refractivity contribution in [2.45, 2.75) is 50.7 Å². The third kappa shape index (κ3) is 3.88. The molecule has 0 radical (unpaired) electrons. The second-order valence-corrected chi connectivity index (χ2v) is 7.67. The average Bonchev–Trinajstić information content (AvgIpc) is 3.15. The maximum absolute atomic E-state index is 10.9. The van der Waals surface area contributed by atoms with Crippen LogP contribution in [-0.2, 0) is 6.54 Å². The van der Waals surface area contributed by atoms with E-state index >= 15 is 0 Å². The summed E-state index contributed by atoms with van der Waals surface area (Å²) in [5.41, 5.74) is 0.505. The summed E-state index contributed by atoms with van der Waals surface area (Å²) in [7, 11) is 0. The third-order valence-corrected chi connectivity index (χ3v) is 5.66. The minimum absolute atomic E-state index is 0.527. The Morgan fingerprint density at radius 1 is 1.23 bits per heavy atom. The number of imidazole rings is 1. The fourth-order valence-corrected chi connectivity index (χ4v) is 4.09. The lowest BCUT2D eigenvalue weighted by molar-refractivity contribution is -0.000186. The van der Waals surface area contributed by atoms with Gasteiger partial charge in [-0.3, -0.25) is 0 Å². The SMILES string of the molecule is Cc1nc(C2CCNCC2)cc(N2CCC(O)(Cn3ccnc3)CC2)n1. The van der Waals surface area contributed by atoms with Crippen molar-refractivity contribution in [3.05, 3.63) is 36.3 Å². The van der Waals surface area contributed by atoms with Crippen LogP contribution >= 0.6 is 0 Å². The smallest absolute Gasteiger partial charge is 0.132 e. The highest BCUT2D eigenvalue weighted by Crippen LogP contribution is 2.30. The van der Waals surface area contributed by atoms with Crippen molar-refractivity contribution in [1.82, 2.24) is 24.8 Å². The zero-order valence-electron chi connectivity index (χ0n) is 15.4. The Morgan fingerprint density at radius 2 is 2.00 bits per heavy atom. The maximum atomic E-state index is 10.9. The zero-order chi connectivity index (χ0) is 18.0. The molecule has 4 rings (SSSR count). The van der Waals surface area contributed by atoms with E-state index < -0.39 is 5.60 Å². The van der Waals surface area contributed by atoms with Gasteiger partial charge in [0.05, 0.1) is 18.5 Å². The Morgan fingerprint density at radius 3 is 2.69 bits per heavy atom. The van der Waals surface area contributed by atoms with Crippen LogP contribution in [0.25, 0.3) is 0 Å². The van der Waals surface area contributed by atoms with E-state index in [4.69, 9.17) is 4.98 Å². The number of aromatic nitrogens is 4. The molecule has 0 unspecified atom stereocenters. The molecule has 7 nitrogen and oxygen atoms in total. The number of piperidine rings is 2. The van der Waals surface area contributed by atoms with Gasteiger partial charge in [0.1, 0.15) is 11.6 Å². The van der Waals surface area contributed by atoms with Gasteiger partial charge in [0.15, 0.2) is 0 Å². The molecule has 140 valence electrons. The summed E-state index contributed by atoms with van der Waals surface area (Å²) >= 11 is 0. The highest BCUT2D eigenvalue weighted by Gasteiger charge is 2.33. The van der Waals surface area contributed by atoms with Crippen molar-refractivity contribution in [2.24, 2.45) is 0 Å². The lowest BCUT2D eigenvalue weighted by Crippen LogP contribution is -2.47. The molecule has 0 spiro atoms. The van der Waals surface area contributed by atoms with Crippen molar-refractivity contribution in [3.63, 3.8) is 0 Å². The molecule has 2 aromatic rings. The van der Waals surface area contributed by atoms with Crippen molar-refractivity contribution in [2.75, 3.05) is 31.1 Å². The lowest BCUT2D eigenvalue weighted by Gasteiger charge is -2.39. The lowest BCUT2D eigenvalue weighted by atomic mass is 9.91. The van der Waals surface area contributed by atoms with Crippen molar-refractivity contribution < 1.29 is 5.11 Å². The molecule has 0 amide bonds. The summed E-state index contributed by atoms with van der Waals surface area (Å²) in [6.45, 7) is 6.33. The number of hydrogen-bond donors (Lipinski definition) is 2. The second-order valence-electron chi connectivity index (χ2n) is 7.67. The van der Waals surface area contributed by atoms with Gasteiger partial charge in [-0.05, 0) is 45.7 Å². The van der Waals surface area contributed by atoms with Crippen LogP contribution in [0.5, 0.6) is 0 Å². The van der Waals surface area contributed by atoms with Crippen molar-refractivity contribution in [1.29, 1.82) is 0 Å². The number of aliphatic hydroxyl groups is 1. The normalized spacial score (nSPS) is 21.1. The molecule has 2 aromatic heterocycles. The molecule has 0 saturated carbocycles. The van der Waals surface area contributed by atoms with Crippen LogP contribution in [-0.4, -0.2) is 56.4 Å². The van der Waals surface area contributed by atoms with E-state index in [2.05, 4.69) is 26.3 Å². The summed E-state index contributed by atoms with van der Waals surface area (Å²) in [5.74, 6) is 2.38. The molecule has 26 heavy (non-hydrogen) atoms. The molecule has 2 N–H and O–H groups in total. The van der Waals surface area contributed by atoms with Gasteiger partial charge in [-0.25, -0.2) is 15.0 Å². The molecule has 0 aromatic carbocycles. The van der Waals surface area contributed by atoms with Gasteiger partial charge in [-0.2, -0.15) is 0 Å². The number of nitrogens with one attached hydrogen (secondary N) is 1. The van der Waals surface area contributed by atoms with Gasteiger partial charge in [0.2, 0.25) is 0 Å². The molecule has 7 heteroatoms.